The minimum atomic E-state index is 0.248. The van der Waals surface area contributed by atoms with Gasteiger partial charge in [-0.15, -0.1) is 0 Å². The lowest BCUT2D eigenvalue weighted by molar-refractivity contribution is 0.198. The molecule has 0 aliphatic rings. The van der Waals surface area contributed by atoms with Crippen LogP contribution in [0.25, 0.3) is 0 Å². The first-order valence-corrected chi connectivity index (χ1v) is 6.98. The van der Waals surface area contributed by atoms with Crippen molar-refractivity contribution in [3.8, 4) is 0 Å². The minimum Gasteiger partial charge on any atom is -0.395 e. The van der Waals surface area contributed by atoms with Gasteiger partial charge in [-0.25, -0.2) is 0 Å². The molecule has 0 aliphatic heterocycles. The van der Waals surface area contributed by atoms with Gasteiger partial charge in [-0.1, -0.05) is 52.9 Å². The third kappa shape index (κ3) is 8.12. The maximum Gasteiger partial charge on any atom is 0.0587 e. The van der Waals surface area contributed by atoms with Gasteiger partial charge in [-0.05, 0) is 19.3 Å². The van der Waals surface area contributed by atoms with Gasteiger partial charge in [-0.3, -0.25) is 0 Å². The zero-order valence-electron chi connectivity index (χ0n) is 11.6. The minimum absolute atomic E-state index is 0.248. The number of hydrogen-bond donors (Lipinski definition) is 2. The lowest BCUT2D eigenvalue weighted by Crippen LogP contribution is -2.42. The first-order chi connectivity index (χ1) is 7.61. The van der Waals surface area contributed by atoms with Crippen LogP contribution in [0.4, 0.5) is 0 Å². The zero-order chi connectivity index (χ0) is 12.4. The SMILES string of the molecule is CCCCCCCC(C)NC(CO)C(C)C. The fourth-order valence-corrected chi connectivity index (χ4v) is 1.96. The molecule has 0 radical (unpaired) electrons. The second kappa shape index (κ2) is 10.1. The monoisotopic (exact) mass is 229 g/mol. The van der Waals surface area contributed by atoms with E-state index in [1.807, 2.05) is 0 Å². The maximum atomic E-state index is 9.22. The topological polar surface area (TPSA) is 32.3 Å². The predicted octanol–water partition coefficient (Wildman–Crippen LogP) is 3.34. The van der Waals surface area contributed by atoms with E-state index in [0.29, 0.717) is 12.0 Å². The van der Waals surface area contributed by atoms with Crippen molar-refractivity contribution in [3.63, 3.8) is 0 Å². The van der Waals surface area contributed by atoms with E-state index < -0.39 is 0 Å². The summed E-state index contributed by atoms with van der Waals surface area (Å²) in [6.45, 7) is 9.03. The summed E-state index contributed by atoms with van der Waals surface area (Å²) in [5.74, 6) is 0.507. The molecule has 0 fully saturated rings. The molecule has 2 heteroatoms. The quantitative estimate of drug-likeness (QED) is 0.563. The number of rotatable bonds is 10. The molecule has 0 aromatic carbocycles. The van der Waals surface area contributed by atoms with E-state index in [1.165, 1.54) is 38.5 Å². The second-order valence-corrected chi connectivity index (χ2v) is 5.30. The van der Waals surface area contributed by atoms with Crippen LogP contribution in [0, 0.1) is 5.92 Å². The Kier molecular flexibility index (Phi) is 10.0. The molecule has 0 saturated carbocycles. The van der Waals surface area contributed by atoms with E-state index in [-0.39, 0.29) is 12.6 Å². The molecule has 16 heavy (non-hydrogen) atoms. The van der Waals surface area contributed by atoms with E-state index in [0.717, 1.165) is 0 Å². The molecule has 98 valence electrons. The molecular weight excluding hydrogens is 198 g/mol. The third-order valence-electron chi connectivity index (χ3n) is 3.24. The molecule has 0 aromatic heterocycles. The van der Waals surface area contributed by atoms with Gasteiger partial charge in [0, 0.05) is 12.1 Å². The number of nitrogens with one attached hydrogen (secondary N) is 1. The Bertz CT molecular complexity index is 148. The average molecular weight is 229 g/mol. The molecule has 2 nitrogen and oxygen atoms in total. The Balaban J connectivity index is 3.52. The van der Waals surface area contributed by atoms with Crippen LogP contribution in [0.15, 0.2) is 0 Å². The van der Waals surface area contributed by atoms with Crippen LogP contribution >= 0.6 is 0 Å². The smallest absolute Gasteiger partial charge is 0.0587 e. The molecule has 0 saturated heterocycles. The van der Waals surface area contributed by atoms with Crippen LogP contribution in [0.5, 0.6) is 0 Å². The van der Waals surface area contributed by atoms with E-state index >= 15 is 0 Å². The fourth-order valence-electron chi connectivity index (χ4n) is 1.96. The van der Waals surface area contributed by atoms with Crippen molar-refractivity contribution in [2.75, 3.05) is 6.61 Å². The third-order valence-corrected chi connectivity index (χ3v) is 3.24. The van der Waals surface area contributed by atoms with Crippen LogP contribution in [0.1, 0.15) is 66.2 Å². The lowest BCUT2D eigenvalue weighted by Gasteiger charge is -2.24. The molecule has 2 unspecified atom stereocenters. The van der Waals surface area contributed by atoms with Crippen LogP contribution in [0.3, 0.4) is 0 Å². The molecule has 0 aliphatic carbocycles. The van der Waals surface area contributed by atoms with Crippen molar-refractivity contribution >= 4 is 0 Å². The van der Waals surface area contributed by atoms with Gasteiger partial charge in [0.15, 0.2) is 0 Å². The molecule has 0 bridgehead atoms. The number of hydrogen-bond acceptors (Lipinski definition) is 2. The Morgan fingerprint density at radius 3 is 2.12 bits per heavy atom. The second-order valence-electron chi connectivity index (χ2n) is 5.30. The maximum absolute atomic E-state index is 9.22. The van der Waals surface area contributed by atoms with Crippen molar-refractivity contribution in [1.29, 1.82) is 0 Å². The van der Waals surface area contributed by atoms with Gasteiger partial charge in [0.1, 0.15) is 0 Å². The number of unbranched alkanes of at least 4 members (excludes halogenated alkanes) is 4. The predicted molar refractivity (Wildman–Crippen MR) is 71.7 cm³/mol. The van der Waals surface area contributed by atoms with Gasteiger partial charge in [0.05, 0.1) is 6.61 Å². The molecule has 2 atom stereocenters. The highest BCUT2D eigenvalue weighted by Gasteiger charge is 2.14. The zero-order valence-corrected chi connectivity index (χ0v) is 11.6. The Labute approximate surface area is 102 Å². The van der Waals surface area contributed by atoms with Gasteiger partial charge >= 0.3 is 0 Å². The van der Waals surface area contributed by atoms with E-state index in [4.69, 9.17) is 0 Å². The Morgan fingerprint density at radius 2 is 1.62 bits per heavy atom. The fraction of sp³-hybridized carbons (Fsp3) is 1.00. The van der Waals surface area contributed by atoms with Crippen LogP contribution < -0.4 is 5.32 Å². The molecule has 0 spiro atoms. The lowest BCUT2D eigenvalue weighted by atomic mass is 10.0. The summed E-state index contributed by atoms with van der Waals surface area (Å²) in [5.41, 5.74) is 0. The van der Waals surface area contributed by atoms with Crippen LogP contribution in [0.2, 0.25) is 0 Å². The van der Waals surface area contributed by atoms with E-state index in [9.17, 15) is 5.11 Å². The average Bonchev–Trinajstić information content (AvgIpc) is 2.25. The summed E-state index contributed by atoms with van der Waals surface area (Å²) < 4.78 is 0. The Morgan fingerprint density at radius 1 is 1.00 bits per heavy atom. The normalized spacial score (nSPS) is 15.4. The van der Waals surface area contributed by atoms with Crippen molar-refractivity contribution in [2.24, 2.45) is 5.92 Å². The van der Waals surface area contributed by atoms with Crippen molar-refractivity contribution in [1.82, 2.24) is 5.32 Å². The largest absolute Gasteiger partial charge is 0.395 e. The van der Waals surface area contributed by atoms with Crippen LogP contribution in [-0.4, -0.2) is 23.8 Å². The highest BCUT2D eigenvalue weighted by Crippen LogP contribution is 2.09. The highest BCUT2D eigenvalue weighted by molar-refractivity contribution is 4.73. The van der Waals surface area contributed by atoms with E-state index in [2.05, 4.69) is 33.0 Å². The van der Waals surface area contributed by atoms with Crippen molar-refractivity contribution in [2.45, 2.75) is 78.3 Å². The van der Waals surface area contributed by atoms with Gasteiger partial charge < -0.3 is 10.4 Å². The highest BCUT2D eigenvalue weighted by atomic mass is 16.3. The summed E-state index contributed by atoms with van der Waals surface area (Å²) >= 11 is 0. The first kappa shape index (κ1) is 15.9. The summed E-state index contributed by atoms with van der Waals surface area (Å²) in [5, 5.41) is 12.7. The van der Waals surface area contributed by atoms with E-state index in [1.54, 1.807) is 0 Å². The first-order valence-electron chi connectivity index (χ1n) is 6.98. The number of aliphatic hydroxyl groups excluding tert-OH is 1. The molecule has 0 amide bonds. The van der Waals surface area contributed by atoms with Gasteiger partial charge in [0.25, 0.3) is 0 Å². The van der Waals surface area contributed by atoms with Crippen LogP contribution in [-0.2, 0) is 0 Å². The summed E-state index contributed by atoms with van der Waals surface area (Å²) in [4.78, 5) is 0. The molecule has 0 rings (SSSR count). The molecule has 0 aromatic rings. The van der Waals surface area contributed by atoms with Gasteiger partial charge in [0.2, 0.25) is 0 Å². The molecule has 2 N–H and O–H groups in total. The van der Waals surface area contributed by atoms with Crippen molar-refractivity contribution < 1.29 is 5.11 Å². The van der Waals surface area contributed by atoms with Crippen molar-refractivity contribution in [3.05, 3.63) is 0 Å². The Hall–Kier alpha value is -0.0800. The van der Waals surface area contributed by atoms with Gasteiger partial charge in [-0.2, -0.15) is 0 Å². The summed E-state index contributed by atoms with van der Waals surface area (Å²) in [7, 11) is 0. The number of aliphatic hydroxyl groups is 1. The summed E-state index contributed by atoms with van der Waals surface area (Å²) in [6.07, 6.45) is 7.94. The standard InChI is InChI=1S/C14H31NO/c1-5-6-7-8-9-10-13(4)15-14(11-16)12(2)3/h12-16H,5-11H2,1-4H3. The summed E-state index contributed by atoms with van der Waals surface area (Å²) in [6, 6.07) is 0.784. The molecular formula is C14H31NO. The molecule has 0 heterocycles.